The maximum atomic E-state index is 5.72. The summed E-state index contributed by atoms with van der Waals surface area (Å²) in [5.41, 5.74) is 0.931. The number of benzene rings is 1. The fraction of sp³-hybridized carbons (Fsp3) is 0.429. The van der Waals surface area contributed by atoms with Gasteiger partial charge in [0.2, 0.25) is 11.8 Å². The van der Waals surface area contributed by atoms with E-state index in [1.54, 1.807) is 0 Å². The zero-order chi connectivity index (χ0) is 13.8. The predicted octanol–water partition coefficient (Wildman–Crippen LogP) is 3.48. The molecule has 2 aromatic rings. The summed E-state index contributed by atoms with van der Waals surface area (Å²) in [6, 6.07) is 8.44. The predicted molar refractivity (Wildman–Crippen MR) is 84.6 cm³/mol. The number of hydrogen-bond donors (Lipinski definition) is 1. The number of rotatable bonds is 4. The number of thioether (sulfide) groups is 1. The molecule has 0 spiro atoms. The summed E-state index contributed by atoms with van der Waals surface area (Å²) in [6.07, 6.45) is 2.44. The van der Waals surface area contributed by atoms with Gasteiger partial charge in [-0.1, -0.05) is 12.1 Å². The van der Waals surface area contributed by atoms with Crippen LogP contribution in [0.25, 0.3) is 11.5 Å². The Kier molecular flexibility index (Phi) is 4.75. The molecule has 20 heavy (non-hydrogen) atoms. The van der Waals surface area contributed by atoms with E-state index in [0.717, 1.165) is 10.0 Å². The van der Waals surface area contributed by atoms with E-state index < -0.39 is 0 Å². The lowest BCUT2D eigenvalue weighted by Gasteiger charge is -2.21. The summed E-state index contributed by atoms with van der Waals surface area (Å²) >= 11 is 5.52. The van der Waals surface area contributed by atoms with E-state index in [1.807, 2.05) is 36.0 Å². The third-order valence-corrected chi connectivity index (χ3v) is 5.07. The van der Waals surface area contributed by atoms with E-state index in [-0.39, 0.29) is 0 Å². The highest BCUT2D eigenvalue weighted by molar-refractivity contribution is 9.10. The van der Waals surface area contributed by atoms with Gasteiger partial charge in [-0.05, 0) is 52.4 Å². The molecule has 1 saturated heterocycles. The van der Waals surface area contributed by atoms with Crippen molar-refractivity contribution >= 4 is 27.7 Å². The largest absolute Gasteiger partial charge is 0.419 e. The molecular formula is C14H16BrN3OS. The molecule has 1 aliphatic heterocycles. The molecule has 1 aliphatic rings. The van der Waals surface area contributed by atoms with E-state index >= 15 is 0 Å². The van der Waals surface area contributed by atoms with Gasteiger partial charge in [0.25, 0.3) is 0 Å². The summed E-state index contributed by atoms with van der Waals surface area (Å²) in [6.45, 7) is 0.646. The van der Waals surface area contributed by atoms with Gasteiger partial charge in [-0.2, -0.15) is 11.8 Å². The average Bonchev–Trinajstić information content (AvgIpc) is 2.95. The molecule has 0 bridgehead atoms. The summed E-state index contributed by atoms with van der Waals surface area (Å²) in [5.74, 6) is 3.69. The van der Waals surface area contributed by atoms with Crippen molar-refractivity contribution in [3.8, 4) is 11.5 Å². The van der Waals surface area contributed by atoms with Crippen LogP contribution in [0.5, 0.6) is 0 Å². The second-order valence-corrected chi connectivity index (χ2v) is 6.83. The van der Waals surface area contributed by atoms with E-state index in [1.165, 1.54) is 24.3 Å². The Labute approximate surface area is 130 Å². The second-order valence-electron chi connectivity index (χ2n) is 4.75. The van der Waals surface area contributed by atoms with Gasteiger partial charge in [0.15, 0.2) is 0 Å². The summed E-state index contributed by atoms with van der Waals surface area (Å²) in [7, 11) is 0. The van der Waals surface area contributed by atoms with Crippen molar-refractivity contribution in [3.05, 3.63) is 34.6 Å². The maximum Gasteiger partial charge on any atom is 0.248 e. The molecule has 1 fully saturated rings. The number of aromatic nitrogens is 2. The van der Waals surface area contributed by atoms with Crippen molar-refractivity contribution in [3.63, 3.8) is 0 Å². The van der Waals surface area contributed by atoms with Crippen LogP contribution in [0.2, 0.25) is 0 Å². The standard InChI is InChI=1S/C14H16BrN3OS/c15-12-4-2-1-3-11(12)14-18-17-13(19-14)9-16-10-5-7-20-8-6-10/h1-4,10,16H,5-9H2. The highest BCUT2D eigenvalue weighted by Gasteiger charge is 2.15. The molecule has 106 valence electrons. The minimum atomic E-state index is 0.563. The first-order chi connectivity index (χ1) is 9.83. The van der Waals surface area contributed by atoms with Crippen LogP contribution < -0.4 is 5.32 Å². The number of nitrogens with one attached hydrogen (secondary N) is 1. The molecule has 0 atom stereocenters. The van der Waals surface area contributed by atoms with Crippen LogP contribution in [-0.2, 0) is 6.54 Å². The molecule has 6 heteroatoms. The third-order valence-electron chi connectivity index (χ3n) is 3.33. The van der Waals surface area contributed by atoms with Crippen molar-refractivity contribution in [2.45, 2.75) is 25.4 Å². The van der Waals surface area contributed by atoms with Crippen LogP contribution in [0.4, 0.5) is 0 Å². The topological polar surface area (TPSA) is 51.0 Å². The zero-order valence-corrected chi connectivity index (χ0v) is 13.4. The first-order valence-electron chi connectivity index (χ1n) is 6.71. The summed E-state index contributed by atoms with van der Waals surface area (Å²) < 4.78 is 6.69. The van der Waals surface area contributed by atoms with Crippen molar-refractivity contribution in [2.24, 2.45) is 0 Å². The molecule has 3 rings (SSSR count). The minimum Gasteiger partial charge on any atom is -0.419 e. The lowest BCUT2D eigenvalue weighted by Crippen LogP contribution is -2.32. The molecule has 0 aliphatic carbocycles. The molecule has 1 aromatic carbocycles. The Balaban J connectivity index is 1.63. The van der Waals surface area contributed by atoms with Gasteiger partial charge in [0, 0.05) is 10.5 Å². The molecular weight excluding hydrogens is 338 g/mol. The lowest BCUT2D eigenvalue weighted by molar-refractivity contribution is 0.423. The minimum absolute atomic E-state index is 0.563. The smallest absolute Gasteiger partial charge is 0.248 e. The van der Waals surface area contributed by atoms with Gasteiger partial charge in [0.05, 0.1) is 12.1 Å². The SMILES string of the molecule is Brc1ccccc1-c1nnc(CNC2CCSCC2)o1. The third kappa shape index (κ3) is 3.42. The normalized spacial score (nSPS) is 16.4. The maximum absolute atomic E-state index is 5.72. The van der Waals surface area contributed by atoms with Gasteiger partial charge < -0.3 is 9.73 Å². The van der Waals surface area contributed by atoms with Crippen molar-refractivity contribution in [2.75, 3.05) is 11.5 Å². The molecule has 0 saturated carbocycles. The van der Waals surface area contributed by atoms with Gasteiger partial charge in [0.1, 0.15) is 0 Å². The van der Waals surface area contributed by atoms with Crippen LogP contribution in [0.1, 0.15) is 18.7 Å². The molecule has 0 amide bonds. The second kappa shape index (κ2) is 6.74. The Hall–Kier alpha value is -0.850. The highest BCUT2D eigenvalue weighted by atomic mass is 79.9. The molecule has 2 heterocycles. The molecule has 1 aromatic heterocycles. The fourth-order valence-electron chi connectivity index (χ4n) is 2.20. The van der Waals surface area contributed by atoms with E-state index in [0.29, 0.717) is 24.4 Å². The highest BCUT2D eigenvalue weighted by Crippen LogP contribution is 2.26. The van der Waals surface area contributed by atoms with Crippen LogP contribution in [-0.4, -0.2) is 27.7 Å². The number of hydrogen-bond acceptors (Lipinski definition) is 5. The van der Waals surface area contributed by atoms with E-state index in [2.05, 4.69) is 31.4 Å². The van der Waals surface area contributed by atoms with Crippen LogP contribution in [0.15, 0.2) is 33.2 Å². The Morgan fingerprint density at radius 3 is 2.85 bits per heavy atom. The van der Waals surface area contributed by atoms with E-state index in [4.69, 9.17) is 4.42 Å². The molecule has 0 unspecified atom stereocenters. The van der Waals surface area contributed by atoms with Crippen molar-refractivity contribution < 1.29 is 4.42 Å². The van der Waals surface area contributed by atoms with Crippen LogP contribution >= 0.6 is 27.7 Å². The first kappa shape index (κ1) is 14.1. The number of nitrogens with zero attached hydrogens (tertiary/aromatic N) is 2. The van der Waals surface area contributed by atoms with Crippen molar-refractivity contribution in [1.82, 2.24) is 15.5 Å². The van der Waals surface area contributed by atoms with Gasteiger partial charge in [-0.25, -0.2) is 0 Å². The van der Waals surface area contributed by atoms with Gasteiger partial charge in [-0.3, -0.25) is 0 Å². The van der Waals surface area contributed by atoms with Gasteiger partial charge in [-0.15, -0.1) is 10.2 Å². The summed E-state index contributed by atoms with van der Waals surface area (Å²) in [5, 5.41) is 11.7. The van der Waals surface area contributed by atoms with E-state index in [9.17, 15) is 0 Å². The quantitative estimate of drug-likeness (QED) is 0.911. The Morgan fingerprint density at radius 2 is 2.05 bits per heavy atom. The zero-order valence-electron chi connectivity index (χ0n) is 11.0. The van der Waals surface area contributed by atoms with Gasteiger partial charge >= 0.3 is 0 Å². The average molecular weight is 354 g/mol. The molecule has 1 N–H and O–H groups in total. The molecule has 4 nitrogen and oxygen atoms in total. The van der Waals surface area contributed by atoms with Crippen LogP contribution in [0.3, 0.4) is 0 Å². The van der Waals surface area contributed by atoms with Crippen molar-refractivity contribution in [1.29, 1.82) is 0 Å². The van der Waals surface area contributed by atoms with Crippen LogP contribution in [0, 0.1) is 0 Å². The molecule has 0 radical (unpaired) electrons. The fourth-order valence-corrected chi connectivity index (χ4v) is 3.76. The lowest BCUT2D eigenvalue weighted by atomic mass is 10.1. The Morgan fingerprint density at radius 1 is 1.25 bits per heavy atom. The Bertz CT molecular complexity index is 569. The number of halogens is 1. The summed E-state index contributed by atoms with van der Waals surface area (Å²) in [4.78, 5) is 0. The first-order valence-corrected chi connectivity index (χ1v) is 8.66. The monoisotopic (exact) mass is 353 g/mol.